The Morgan fingerprint density at radius 2 is 2.29 bits per heavy atom. The first kappa shape index (κ1) is 11.5. The van der Waals surface area contributed by atoms with Gasteiger partial charge in [0.25, 0.3) is 0 Å². The second-order valence-corrected chi connectivity index (χ2v) is 3.91. The fourth-order valence-electron chi connectivity index (χ4n) is 1.48. The van der Waals surface area contributed by atoms with E-state index in [1.165, 1.54) is 0 Å². The molecule has 1 rings (SSSR count). The van der Waals surface area contributed by atoms with Crippen molar-refractivity contribution in [3.05, 3.63) is 0 Å². The van der Waals surface area contributed by atoms with Gasteiger partial charge in [-0.3, -0.25) is 4.79 Å². The molecular weight excluding hydrogens is 182 g/mol. The van der Waals surface area contributed by atoms with E-state index >= 15 is 0 Å². The molecule has 0 aromatic rings. The van der Waals surface area contributed by atoms with Crippen molar-refractivity contribution in [3.8, 4) is 0 Å². The highest BCUT2D eigenvalue weighted by Crippen LogP contribution is 2.11. The lowest BCUT2D eigenvalue weighted by molar-refractivity contribution is -0.128. The maximum absolute atomic E-state index is 11.5. The number of rotatable bonds is 3. The predicted octanol–water partition coefficient (Wildman–Crippen LogP) is 0.562. The van der Waals surface area contributed by atoms with Gasteiger partial charge in [-0.2, -0.15) is 0 Å². The summed E-state index contributed by atoms with van der Waals surface area (Å²) in [7, 11) is 1.67. The molecule has 0 aromatic heterocycles. The third-order valence-electron chi connectivity index (χ3n) is 2.45. The fourth-order valence-corrected chi connectivity index (χ4v) is 1.48. The zero-order valence-electron chi connectivity index (χ0n) is 9.08. The number of carbonyl (C=O) groups excluding carboxylic acids is 1. The molecule has 1 amide bonds. The molecule has 1 fully saturated rings. The minimum atomic E-state index is 0.00338. The van der Waals surface area contributed by atoms with Crippen LogP contribution >= 0.6 is 0 Å². The topological polar surface area (TPSA) is 47.6 Å². The molecule has 0 spiro atoms. The summed E-state index contributed by atoms with van der Waals surface area (Å²) in [5, 5.41) is 2.93. The summed E-state index contributed by atoms with van der Waals surface area (Å²) >= 11 is 0. The van der Waals surface area contributed by atoms with Crippen LogP contribution in [-0.4, -0.2) is 38.4 Å². The molecule has 2 atom stereocenters. The number of ether oxygens (including phenoxy) is 2. The summed E-state index contributed by atoms with van der Waals surface area (Å²) < 4.78 is 10.6. The normalized spacial score (nSPS) is 27.7. The molecule has 0 radical (unpaired) electrons. The van der Waals surface area contributed by atoms with Crippen LogP contribution in [0.5, 0.6) is 0 Å². The maximum atomic E-state index is 11.5. The summed E-state index contributed by atoms with van der Waals surface area (Å²) in [6.45, 7) is 5.02. The summed E-state index contributed by atoms with van der Waals surface area (Å²) in [6, 6.07) is 0.00338. The second kappa shape index (κ2) is 5.32. The van der Waals surface area contributed by atoms with Gasteiger partial charge in [-0.05, 0) is 6.42 Å². The van der Waals surface area contributed by atoms with Gasteiger partial charge >= 0.3 is 0 Å². The van der Waals surface area contributed by atoms with Gasteiger partial charge in [-0.1, -0.05) is 13.8 Å². The van der Waals surface area contributed by atoms with Gasteiger partial charge in [-0.15, -0.1) is 0 Å². The van der Waals surface area contributed by atoms with Crippen molar-refractivity contribution in [2.24, 2.45) is 5.92 Å². The Morgan fingerprint density at radius 1 is 1.57 bits per heavy atom. The van der Waals surface area contributed by atoms with Gasteiger partial charge in [0.1, 0.15) is 0 Å². The van der Waals surface area contributed by atoms with Crippen molar-refractivity contribution in [2.45, 2.75) is 32.4 Å². The van der Waals surface area contributed by atoms with Gasteiger partial charge in [0.2, 0.25) is 5.91 Å². The van der Waals surface area contributed by atoms with Crippen LogP contribution < -0.4 is 5.32 Å². The number of methoxy groups -OCH3 is 1. The summed E-state index contributed by atoms with van der Waals surface area (Å²) in [6.07, 6.45) is 0.936. The van der Waals surface area contributed by atoms with Crippen molar-refractivity contribution in [1.82, 2.24) is 5.32 Å². The van der Waals surface area contributed by atoms with Gasteiger partial charge in [0.05, 0.1) is 18.8 Å². The largest absolute Gasteiger partial charge is 0.379 e. The van der Waals surface area contributed by atoms with E-state index in [2.05, 4.69) is 5.32 Å². The van der Waals surface area contributed by atoms with Crippen LogP contribution in [0.25, 0.3) is 0 Å². The van der Waals surface area contributed by atoms with E-state index < -0.39 is 0 Å². The lowest BCUT2D eigenvalue weighted by Gasteiger charge is -2.31. The summed E-state index contributed by atoms with van der Waals surface area (Å²) in [5.41, 5.74) is 0. The molecule has 2 unspecified atom stereocenters. The van der Waals surface area contributed by atoms with Crippen molar-refractivity contribution < 1.29 is 14.3 Å². The third kappa shape index (κ3) is 2.96. The first-order valence-corrected chi connectivity index (χ1v) is 5.06. The number of hydrogen-bond acceptors (Lipinski definition) is 3. The van der Waals surface area contributed by atoms with Crippen molar-refractivity contribution in [1.29, 1.82) is 0 Å². The number of carbonyl (C=O) groups is 1. The molecule has 14 heavy (non-hydrogen) atoms. The van der Waals surface area contributed by atoms with Crippen molar-refractivity contribution in [3.63, 3.8) is 0 Å². The average molecular weight is 201 g/mol. The van der Waals surface area contributed by atoms with Gasteiger partial charge in [-0.25, -0.2) is 0 Å². The molecule has 0 bridgehead atoms. The van der Waals surface area contributed by atoms with E-state index in [0.29, 0.717) is 13.2 Å². The molecule has 1 saturated heterocycles. The molecule has 1 aliphatic heterocycles. The number of hydrogen-bond donors (Lipinski definition) is 1. The molecule has 82 valence electrons. The van der Waals surface area contributed by atoms with Crippen LogP contribution in [0.3, 0.4) is 0 Å². The Kier molecular flexibility index (Phi) is 4.35. The molecule has 1 aliphatic rings. The molecule has 0 aromatic carbocycles. The Hall–Kier alpha value is -0.610. The molecule has 1 N–H and O–H groups in total. The minimum absolute atomic E-state index is 0.00338. The maximum Gasteiger partial charge on any atom is 0.222 e. The Labute approximate surface area is 85.0 Å². The first-order valence-electron chi connectivity index (χ1n) is 5.06. The first-order chi connectivity index (χ1) is 6.65. The quantitative estimate of drug-likeness (QED) is 0.726. The van der Waals surface area contributed by atoms with Gasteiger partial charge < -0.3 is 14.8 Å². The van der Waals surface area contributed by atoms with Crippen LogP contribution in [0.1, 0.15) is 20.3 Å². The lowest BCUT2D eigenvalue weighted by Crippen LogP contribution is -2.51. The van der Waals surface area contributed by atoms with E-state index in [1.807, 2.05) is 13.8 Å². The van der Waals surface area contributed by atoms with E-state index in [4.69, 9.17) is 9.47 Å². The number of amides is 1. The Bertz CT molecular complexity index is 194. The van der Waals surface area contributed by atoms with Crippen molar-refractivity contribution in [2.75, 3.05) is 20.3 Å². The zero-order valence-corrected chi connectivity index (χ0v) is 9.08. The molecule has 0 aliphatic carbocycles. The highest BCUT2D eigenvalue weighted by Gasteiger charge is 2.27. The third-order valence-corrected chi connectivity index (χ3v) is 2.45. The lowest BCUT2D eigenvalue weighted by atomic mass is 10.1. The molecule has 4 heteroatoms. The Balaban J connectivity index is 2.44. The van der Waals surface area contributed by atoms with E-state index in [9.17, 15) is 4.79 Å². The smallest absolute Gasteiger partial charge is 0.222 e. The zero-order chi connectivity index (χ0) is 10.6. The molecule has 4 nitrogen and oxygen atoms in total. The molecule has 0 saturated carbocycles. The minimum Gasteiger partial charge on any atom is -0.379 e. The van der Waals surface area contributed by atoms with E-state index in [0.717, 1.165) is 6.42 Å². The van der Waals surface area contributed by atoms with Crippen LogP contribution in [0, 0.1) is 5.92 Å². The molecule has 1 heterocycles. The number of nitrogens with one attached hydrogen (secondary N) is 1. The second-order valence-electron chi connectivity index (χ2n) is 3.91. The highest BCUT2D eigenvalue weighted by atomic mass is 16.5. The van der Waals surface area contributed by atoms with Gasteiger partial charge in [0, 0.05) is 19.6 Å². The van der Waals surface area contributed by atoms with Crippen LogP contribution in [0.4, 0.5) is 0 Å². The van der Waals surface area contributed by atoms with E-state index in [1.54, 1.807) is 7.11 Å². The monoisotopic (exact) mass is 201 g/mol. The van der Waals surface area contributed by atoms with Gasteiger partial charge in [0.15, 0.2) is 0 Å². The van der Waals surface area contributed by atoms with Crippen LogP contribution in [0.15, 0.2) is 0 Å². The predicted molar refractivity (Wildman–Crippen MR) is 53.0 cm³/mol. The SMILES string of the molecule is COC1CCOCC1NC(=O)C(C)C. The Morgan fingerprint density at radius 3 is 2.86 bits per heavy atom. The standard InChI is InChI=1S/C10H19NO3/c1-7(2)10(12)11-8-6-14-5-4-9(8)13-3/h7-9H,4-6H2,1-3H3,(H,11,12). The summed E-state index contributed by atoms with van der Waals surface area (Å²) in [5.74, 6) is 0.0667. The average Bonchev–Trinajstić information content (AvgIpc) is 2.18. The van der Waals surface area contributed by atoms with E-state index in [-0.39, 0.29) is 24.0 Å². The highest BCUT2D eigenvalue weighted by molar-refractivity contribution is 5.78. The summed E-state index contributed by atoms with van der Waals surface area (Å²) in [4.78, 5) is 11.5. The fraction of sp³-hybridized carbons (Fsp3) is 0.900. The molecular formula is C10H19NO3. The van der Waals surface area contributed by atoms with Crippen molar-refractivity contribution >= 4 is 5.91 Å². The van der Waals surface area contributed by atoms with Crippen LogP contribution in [-0.2, 0) is 14.3 Å². The van der Waals surface area contributed by atoms with Crippen LogP contribution in [0.2, 0.25) is 0 Å².